The van der Waals surface area contributed by atoms with Crippen LogP contribution in [0.4, 0.5) is 5.69 Å². The lowest BCUT2D eigenvalue weighted by molar-refractivity contribution is 0.305. The summed E-state index contributed by atoms with van der Waals surface area (Å²) in [5.74, 6) is 0.893. The molecule has 1 aliphatic carbocycles. The molecule has 3 rings (SSSR count). The molecular formula is C15H21NS. The average Bonchev–Trinajstić information content (AvgIpc) is 2.40. The fraction of sp³-hybridized carbons (Fsp3) is 0.600. The van der Waals surface area contributed by atoms with Crippen molar-refractivity contribution in [2.24, 2.45) is 5.92 Å². The van der Waals surface area contributed by atoms with Gasteiger partial charge in [-0.25, -0.2) is 0 Å². The van der Waals surface area contributed by atoms with E-state index in [0.717, 1.165) is 10.8 Å². The number of hydrogen-bond acceptors (Lipinski definition) is 2. The van der Waals surface area contributed by atoms with Crippen molar-refractivity contribution in [3.63, 3.8) is 0 Å². The van der Waals surface area contributed by atoms with Gasteiger partial charge in [0.25, 0.3) is 0 Å². The maximum atomic E-state index is 4.58. The molecule has 92 valence electrons. The number of thiol groups is 1. The quantitative estimate of drug-likeness (QED) is 0.706. The van der Waals surface area contributed by atoms with E-state index in [1.807, 2.05) is 0 Å². The molecule has 0 saturated heterocycles. The van der Waals surface area contributed by atoms with E-state index in [-0.39, 0.29) is 0 Å². The third kappa shape index (κ3) is 2.33. The molecule has 1 heterocycles. The van der Waals surface area contributed by atoms with Crippen molar-refractivity contribution in [3.05, 3.63) is 23.8 Å². The highest BCUT2D eigenvalue weighted by Crippen LogP contribution is 2.36. The Hall–Kier alpha value is -0.630. The monoisotopic (exact) mass is 247 g/mol. The zero-order valence-corrected chi connectivity index (χ0v) is 11.2. The van der Waals surface area contributed by atoms with Crippen LogP contribution in [0, 0.1) is 5.92 Å². The minimum atomic E-state index is 0.691. The molecule has 0 radical (unpaired) electrons. The minimum Gasteiger partial charge on any atom is -0.381 e. The Kier molecular flexibility index (Phi) is 3.32. The molecule has 1 atom stereocenters. The summed E-state index contributed by atoms with van der Waals surface area (Å²) >= 11 is 4.58. The molecule has 17 heavy (non-hydrogen) atoms. The van der Waals surface area contributed by atoms with Crippen LogP contribution in [-0.2, 0) is 6.42 Å². The van der Waals surface area contributed by atoms with Gasteiger partial charge < -0.3 is 5.32 Å². The van der Waals surface area contributed by atoms with Gasteiger partial charge in [-0.1, -0.05) is 31.4 Å². The van der Waals surface area contributed by atoms with Crippen LogP contribution in [0.2, 0.25) is 0 Å². The lowest BCUT2D eigenvalue weighted by Crippen LogP contribution is -2.34. The van der Waals surface area contributed by atoms with E-state index in [9.17, 15) is 0 Å². The summed E-state index contributed by atoms with van der Waals surface area (Å²) in [5, 5.41) is 3.76. The highest BCUT2D eigenvalue weighted by Gasteiger charge is 2.27. The van der Waals surface area contributed by atoms with Gasteiger partial charge in [-0.3, -0.25) is 0 Å². The topological polar surface area (TPSA) is 12.0 Å². The standard InChI is InChI=1S/C15H21NS/c17-14-8-4-7-12-9-10-13(16-15(12)14)11-5-2-1-3-6-11/h4,7-8,11,13,16-17H,1-3,5-6,9-10H2. The Morgan fingerprint density at radius 3 is 2.71 bits per heavy atom. The van der Waals surface area contributed by atoms with Crippen LogP contribution >= 0.6 is 12.6 Å². The molecule has 1 fully saturated rings. The van der Waals surface area contributed by atoms with Crippen LogP contribution in [0.5, 0.6) is 0 Å². The van der Waals surface area contributed by atoms with Crippen molar-refractivity contribution in [1.82, 2.24) is 0 Å². The summed E-state index contributed by atoms with van der Waals surface area (Å²) in [5.41, 5.74) is 2.75. The van der Waals surface area contributed by atoms with Crippen LogP contribution < -0.4 is 5.32 Å². The number of benzene rings is 1. The Labute approximate surface area is 109 Å². The van der Waals surface area contributed by atoms with E-state index in [1.54, 1.807) is 0 Å². The molecule has 2 aliphatic rings. The number of rotatable bonds is 1. The Balaban J connectivity index is 1.77. The normalized spacial score (nSPS) is 25.1. The fourth-order valence-corrected chi connectivity index (χ4v) is 3.71. The number of hydrogen-bond donors (Lipinski definition) is 2. The van der Waals surface area contributed by atoms with Gasteiger partial charge in [-0.15, -0.1) is 12.6 Å². The molecule has 1 saturated carbocycles. The molecule has 2 heteroatoms. The van der Waals surface area contributed by atoms with Crippen LogP contribution in [0.25, 0.3) is 0 Å². The molecule has 0 bridgehead atoms. The summed E-state index contributed by atoms with van der Waals surface area (Å²) in [7, 11) is 0. The highest BCUT2D eigenvalue weighted by molar-refractivity contribution is 7.80. The van der Waals surface area contributed by atoms with Gasteiger partial charge in [0.15, 0.2) is 0 Å². The van der Waals surface area contributed by atoms with Crippen molar-refractivity contribution in [2.45, 2.75) is 55.9 Å². The molecule has 1 unspecified atom stereocenters. The van der Waals surface area contributed by atoms with Gasteiger partial charge >= 0.3 is 0 Å². The van der Waals surface area contributed by atoms with E-state index >= 15 is 0 Å². The van der Waals surface area contributed by atoms with Crippen LogP contribution in [-0.4, -0.2) is 6.04 Å². The van der Waals surface area contributed by atoms with Gasteiger partial charge in [-0.2, -0.15) is 0 Å². The number of para-hydroxylation sites is 1. The third-order valence-corrected chi connectivity index (χ3v) is 4.77. The maximum Gasteiger partial charge on any atom is 0.0510 e. The summed E-state index contributed by atoms with van der Waals surface area (Å²) in [4.78, 5) is 1.11. The molecule has 0 aromatic heterocycles. The van der Waals surface area contributed by atoms with E-state index in [4.69, 9.17) is 0 Å². The van der Waals surface area contributed by atoms with Gasteiger partial charge in [0.2, 0.25) is 0 Å². The molecule has 1 N–H and O–H groups in total. The van der Waals surface area contributed by atoms with Gasteiger partial charge in [0, 0.05) is 10.9 Å². The van der Waals surface area contributed by atoms with E-state index < -0.39 is 0 Å². The predicted molar refractivity (Wildman–Crippen MR) is 76.0 cm³/mol. The first-order valence-electron chi connectivity index (χ1n) is 6.92. The van der Waals surface area contributed by atoms with Gasteiger partial charge in [0.05, 0.1) is 5.69 Å². The Morgan fingerprint density at radius 1 is 1.06 bits per heavy atom. The van der Waals surface area contributed by atoms with E-state index in [0.29, 0.717) is 6.04 Å². The highest BCUT2D eigenvalue weighted by atomic mass is 32.1. The first kappa shape index (κ1) is 11.5. The summed E-state index contributed by atoms with van der Waals surface area (Å²) < 4.78 is 0. The van der Waals surface area contributed by atoms with Crippen molar-refractivity contribution in [1.29, 1.82) is 0 Å². The number of aryl methyl sites for hydroxylation is 1. The molecule has 1 aliphatic heterocycles. The maximum absolute atomic E-state index is 4.58. The lowest BCUT2D eigenvalue weighted by atomic mass is 9.80. The molecular weight excluding hydrogens is 226 g/mol. The molecule has 1 aromatic carbocycles. The molecule has 1 aromatic rings. The van der Waals surface area contributed by atoms with Crippen molar-refractivity contribution < 1.29 is 0 Å². The van der Waals surface area contributed by atoms with Crippen molar-refractivity contribution >= 4 is 18.3 Å². The summed E-state index contributed by atoms with van der Waals surface area (Å²) in [6.45, 7) is 0. The third-order valence-electron chi connectivity index (χ3n) is 4.40. The zero-order valence-electron chi connectivity index (χ0n) is 10.3. The summed E-state index contributed by atoms with van der Waals surface area (Å²) in [6.07, 6.45) is 9.66. The largest absolute Gasteiger partial charge is 0.381 e. The number of anilines is 1. The van der Waals surface area contributed by atoms with Crippen LogP contribution in [0.15, 0.2) is 23.1 Å². The van der Waals surface area contributed by atoms with Gasteiger partial charge in [0.1, 0.15) is 0 Å². The van der Waals surface area contributed by atoms with Crippen molar-refractivity contribution in [3.8, 4) is 0 Å². The first-order chi connectivity index (χ1) is 8.34. The fourth-order valence-electron chi connectivity index (χ4n) is 3.42. The van der Waals surface area contributed by atoms with Crippen molar-refractivity contribution in [2.75, 3.05) is 5.32 Å². The van der Waals surface area contributed by atoms with Crippen LogP contribution in [0.3, 0.4) is 0 Å². The Morgan fingerprint density at radius 2 is 1.88 bits per heavy atom. The number of nitrogens with one attached hydrogen (secondary N) is 1. The zero-order chi connectivity index (χ0) is 11.7. The second-order valence-electron chi connectivity index (χ2n) is 5.50. The van der Waals surface area contributed by atoms with Gasteiger partial charge in [-0.05, 0) is 43.2 Å². The average molecular weight is 247 g/mol. The Bertz CT molecular complexity index is 396. The SMILES string of the molecule is Sc1cccc2c1NC(C1CCCCC1)CC2. The second-order valence-corrected chi connectivity index (χ2v) is 5.98. The summed E-state index contributed by atoms with van der Waals surface area (Å²) in [6, 6.07) is 7.14. The molecule has 0 spiro atoms. The minimum absolute atomic E-state index is 0.691. The lowest BCUT2D eigenvalue weighted by Gasteiger charge is -2.36. The molecule has 0 amide bonds. The van der Waals surface area contributed by atoms with E-state index in [2.05, 4.69) is 36.1 Å². The predicted octanol–water partition coefficient (Wildman–Crippen LogP) is 4.28. The van der Waals surface area contributed by atoms with Crippen LogP contribution in [0.1, 0.15) is 44.1 Å². The molecule has 1 nitrogen and oxygen atoms in total. The smallest absolute Gasteiger partial charge is 0.0510 e. The second kappa shape index (κ2) is 4.93. The van der Waals surface area contributed by atoms with E-state index in [1.165, 1.54) is 56.2 Å². The first-order valence-corrected chi connectivity index (χ1v) is 7.37. The number of fused-ring (bicyclic) bond motifs is 1.